The molecule has 1 aromatic rings. The van der Waals surface area contributed by atoms with Gasteiger partial charge in [-0.05, 0) is 13.0 Å². The van der Waals surface area contributed by atoms with Crippen LogP contribution in [-0.4, -0.2) is 46.5 Å². The number of nitrogens with zero attached hydrogens (tertiary/aromatic N) is 2. The number of methoxy groups -OCH3 is 1. The molecule has 1 amide bonds. The van der Waals surface area contributed by atoms with Crippen molar-refractivity contribution in [3.8, 4) is 0 Å². The van der Waals surface area contributed by atoms with Crippen molar-refractivity contribution in [2.24, 2.45) is 0 Å². The molecule has 0 aliphatic rings. The third-order valence-corrected chi connectivity index (χ3v) is 2.53. The lowest BCUT2D eigenvalue weighted by atomic mass is 10.2. The first-order chi connectivity index (χ1) is 8.56. The van der Waals surface area contributed by atoms with E-state index in [0.29, 0.717) is 0 Å². The van der Waals surface area contributed by atoms with Gasteiger partial charge in [0.05, 0.1) is 0 Å². The summed E-state index contributed by atoms with van der Waals surface area (Å²) in [4.78, 5) is 22.8. The molecule has 1 rings (SSSR count). The Morgan fingerprint density at radius 3 is 2.78 bits per heavy atom. The van der Waals surface area contributed by atoms with Crippen molar-refractivity contribution in [3.05, 3.63) is 18.5 Å². The van der Waals surface area contributed by atoms with Crippen molar-refractivity contribution in [3.63, 3.8) is 0 Å². The van der Waals surface area contributed by atoms with Crippen molar-refractivity contribution in [1.29, 1.82) is 0 Å². The van der Waals surface area contributed by atoms with Crippen LogP contribution in [0.4, 0.5) is 0 Å². The number of hydrogen-bond donors (Lipinski definition) is 2. The molecule has 100 valence electrons. The molecule has 0 fully saturated rings. The van der Waals surface area contributed by atoms with Gasteiger partial charge in [0.1, 0.15) is 12.1 Å². The zero-order valence-electron chi connectivity index (χ0n) is 10.4. The number of carboxylic acids is 1. The molecule has 0 radical (unpaired) electrons. The first-order valence-corrected chi connectivity index (χ1v) is 5.57. The van der Waals surface area contributed by atoms with Crippen molar-refractivity contribution < 1.29 is 19.4 Å². The molecule has 0 aliphatic carbocycles. The fourth-order valence-corrected chi connectivity index (χ4v) is 1.42. The Morgan fingerprint density at radius 2 is 2.28 bits per heavy atom. The third kappa shape index (κ3) is 3.85. The summed E-state index contributed by atoms with van der Waals surface area (Å²) < 4.78 is 6.27. The van der Waals surface area contributed by atoms with E-state index in [1.54, 1.807) is 25.4 Å². The standard InChI is InChI=1S/C11H17N3O4/c1-8(14-6-3-5-12-14)10(15)13-9(11(16)17)4-7-18-2/h3,5-6,8-9H,4,7H2,1-2H3,(H,13,15)(H,16,17). The summed E-state index contributed by atoms with van der Waals surface area (Å²) >= 11 is 0. The highest BCUT2D eigenvalue weighted by atomic mass is 16.5. The normalized spacial score (nSPS) is 13.9. The maximum atomic E-state index is 11.8. The lowest BCUT2D eigenvalue weighted by Gasteiger charge is -2.17. The zero-order valence-corrected chi connectivity index (χ0v) is 10.4. The van der Waals surface area contributed by atoms with Crippen LogP contribution in [0.5, 0.6) is 0 Å². The molecule has 1 heterocycles. The van der Waals surface area contributed by atoms with Crippen LogP contribution in [0.25, 0.3) is 0 Å². The molecular weight excluding hydrogens is 238 g/mol. The molecule has 7 nitrogen and oxygen atoms in total. The van der Waals surface area contributed by atoms with Crippen LogP contribution < -0.4 is 5.32 Å². The van der Waals surface area contributed by atoms with E-state index in [0.717, 1.165) is 0 Å². The number of aromatic nitrogens is 2. The Labute approximate surface area is 105 Å². The summed E-state index contributed by atoms with van der Waals surface area (Å²) in [7, 11) is 1.48. The van der Waals surface area contributed by atoms with E-state index in [-0.39, 0.29) is 18.9 Å². The Kier molecular flexibility index (Phi) is 5.31. The van der Waals surface area contributed by atoms with Crippen LogP contribution in [0, 0.1) is 0 Å². The molecule has 2 unspecified atom stereocenters. The number of carbonyl (C=O) groups is 2. The predicted molar refractivity (Wildman–Crippen MR) is 63.0 cm³/mol. The van der Waals surface area contributed by atoms with Gasteiger partial charge in [-0.1, -0.05) is 0 Å². The molecule has 18 heavy (non-hydrogen) atoms. The minimum Gasteiger partial charge on any atom is -0.480 e. The average Bonchev–Trinajstić information content (AvgIpc) is 2.86. The number of rotatable bonds is 7. The van der Waals surface area contributed by atoms with Gasteiger partial charge in [-0.2, -0.15) is 5.10 Å². The van der Waals surface area contributed by atoms with Gasteiger partial charge < -0.3 is 15.2 Å². The van der Waals surface area contributed by atoms with E-state index in [1.807, 2.05) is 0 Å². The summed E-state index contributed by atoms with van der Waals surface area (Å²) in [5, 5.41) is 15.4. The van der Waals surface area contributed by atoms with E-state index < -0.39 is 18.1 Å². The Hall–Kier alpha value is -1.89. The fraction of sp³-hybridized carbons (Fsp3) is 0.545. The summed E-state index contributed by atoms with van der Waals surface area (Å²) in [6.45, 7) is 1.92. The summed E-state index contributed by atoms with van der Waals surface area (Å²) in [5.41, 5.74) is 0. The number of hydrogen-bond acceptors (Lipinski definition) is 4. The zero-order chi connectivity index (χ0) is 13.5. The van der Waals surface area contributed by atoms with Crippen LogP contribution in [0.2, 0.25) is 0 Å². The Balaban J connectivity index is 2.58. The highest BCUT2D eigenvalue weighted by Crippen LogP contribution is 2.04. The molecule has 0 bridgehead atoms. The van der Waals surface area contributed by atoms with Crippen molar-refractivity contribution in [2.45, 2.75) is 25.4 Å². The summed E-state index contributed by atoms with van der Waals surface area (Å²) in [6, 6.07) is 0.198. The minimum absolute atomic E-state index is 0.226. The number of nitrogens with one attached hydrogen (secondary N) is 1. The highest BCUT2D eigenvalue weighted by Gasteiger charge is 2.23. The van der Waals surface area contributed by atoms with Crippen LogP contribution in [-0.2, 0) is 14.3 Å². The molecule has 2 N–H and O–H groups in total. The maximum absolute atomic E-state index is 11.8. The maximum Gasteiger partial charge on any atom is 0.326 e. The predicted octanol–water partition coefficient (Wildman–Crippen LogP) is 0.0500. The van der Waals surface area contributed by atoms with E-state index in [4.69, 9.17) is 9.84 Å². The van der Waals surface area contributed by atoms with Gasteiger partial charge in [-0.15, -0.1) is 0 Å². The first-order valence-electron chi connectivity index (χ1n) is 5.57. The molecule has 0 saturated carbocycles. The van der Waals surface area contributed by atoms with Gasteiger partial charge in [-0.3, -0.25) is 9.48 Å². The van der Waals surface area contributed by atoms with E-state index >= 15 is 0 Å². The van der Waals surface area contributed by atoms with Crippen LogP contribution >= 0.6 is 0 Å². The van der Waals surface area contributed by atoms with Crippen LogP contribution in [0.15, 0.2) is 18.5 Å². The Bertz CT molecular complexity index is 391. The van der Waals surface area contributed by atoms with Crippen molar-refractivity contribution >= 4 is 11.9 Å². The van der Waals surface area contributed by atoms with E-state index in [9.17, 15) is 9.59 Å². The van der Waals surface area contributed by atoms with E-state index in [2.05, 4.69) is 10.4 Å². The molecule has 1 aromatic heterocycles. The summed E-state index contributed by atoms with van der Waals surface area (Å²) in [6.07, 6.45) is 3.43. The van der Waals surface area contributed by atoms with Gasteiger partial charge in [0.25, 0.3) is 0 Å². The molecule has 2 atom stereocenters. The number of aliphatic carboxylic acids is 1. The summed E-state index contributed by atoms with van der Waals surface area (Å²) in [5.74, 6) is -1.46. The minimum atomic E-state index is -1.08. The first kappa shape index (κ1) is 14.2. The monoisotopic (exact) mass is 255 g/mol. The van der Waals surface area contributed by atoms with Gasteiger partial charge in [0, 0.05) is 32.5 Å². The lowest BCUT2D eigenvalue weighted by Crippen LogP contribution is -2.44. The third-order valence-electron chi connectivity index (χ3n) is 2.53. The largest absolute Gasteiger partial charge is 0.480 e. The van der Waals surface area contributed by atoms with Crippen LogP contribution in [0.1, 0.15) is 19.4 Å². The van der Waals surface area contributed by atoms with E-state index in [1.165, 1.54) is 11.8 Å². The molecule has 7 heteroatoms. The number of ether oxygens (including phenoxy) is 1. The van der Waals surface area contributed by atoms with Gasteiger partial charge in [0.15, 0.2) is 0 Å². The number of carboxylic acid groups (broad SMARTS) is 1. The second kappa shape index (κ2) is 6.75. The molecule has 0 aromatic carbocycles. The average molecular weight is 255 g/mol. The Morgan fingerprint density at radius 1 is 1.56 bits per heavy atom. The second-order valence-electron chi connectivity index (χ2n) is 3.84. The quantitative estimate of drug-likeness (QED) is 0.718. The molecule has 0 spiro atoms. The topological polar surface area (TPSA) is 93.5 Å². The smallest absolute Gasteiger partial charge is 0.326 e. The SMILES string of the molecule is COCCC(NC(=O)C(C)n1cccn1)C(=O)O. The van der Waals surface area contributed by atoms with Crippen molar-refractivity contribution in [1.82, 2.24) is 15.1 Å². The lowest BCUT2D eigenvalue weighted by molar-refractivity contribution is -0.142. The van der Waals surface area contributed by atoms with Gasteiger partial charge in [0.2, 0.25) is 5.91 Å². The van der Waals surface area contributed by atoms with Gasteiger partial charge >= 0.3 is 5.97 Å². The highest BCUT2D eigenvalue weighted by molar-refractivity contribution is 5.85. The number of carbonyl (C=O) groups excluding carboxylic acids is 1. The van der Waals surface area contributed by atoms with Gasteiger partial charge in [-0.25, -0.2) is 4.79 Å². The molecule has 0 aliphatic heterocycles. The molecule has 0 saturated heterocycles. The number of amides is 1. The molecular formula is C11H17N3O4. The van der Waals surface area contributed by atoms with Crippen LogP contribution in [0.3, 0.4) is 0 Å². The second-order valence-corrected chi connectivity index (χ2v) is 3.84. The van der Waals surface area contributed by atoms with Crippen molar-refractivity contribution in [2.75, 3.05) is 13.7 Å². The fourth-order valence-electron chi connectivity index (χ4n) is 1.42.